The maximum atomic E-state index is 12.6. The van der Waals surface area contributed by atoms with Gasteiger partial charge in [0.15, 0.2) is 0 Å². The Hall–Kier alpha value is -1.46. The van der Waals surface area contributed by atoms with Crippen LogP contribution in [0.25, 0.3) is 0 Å². The van der Waals surface area contributed by atoms with Crippen molar-refractivity contribution in [3.8, 4) is 0 Å². The second kappa shape index (κ2) is 7.62. The molecule has 1 atom stereocenters. The third kappa shape index (κ3) is 5.02. The van der Waals surface area contributed by atoms with Crippen LogP contribution >= 0.6 is 23.4 Å². The molecule has 1 N–H and O–H groups in total. The fourth-order valence-corrected chi connectivity index (χ4v) is 3.51. The van der Waals surface area contributed by atoms with Crippen LogP contribution in [0.1, 0.15) is 24.5 Å². The molecule has 1 nitrogen and oxygen atoms in total. The molecule has 0 aliphatic rings. The van der Waals surface area contributed by atoms with E-state index in [4.69, 9.17) is 17.0 Å². The zero-order valence-electron chi connectivity index (χ0n) is 13.0. The van der Waals surface area contributed by atoms with Gasteiger partial charge in [0, 0.05) is 11.1 Å². The van der Waals surface area contributed by atoms with Gasteiger partial charge in [0.2, 0.25) is 0 Å². The summed E-state index contributed by atoms with van der Waals surface area (Å²) in [5.74, 6) is 0. The molecule has 24 heavy (non-hydrogen) atoms. The van der Waals surface area contributed by atoms with Crippen molar-refractivity contribution in [3.05, 3.63) is 64.7 Å². The Labute approximate surface area is 148 Å². The Kier molecular flexibility index (Phi) is 5.99. The summed E-state index contributed by atoms with van der Waals surface area (Å²) in [6.45, 7) is 1.93. The summed E-state index contributed by atoms with van der Waals surface area (Å²) in [4.78, 5) is 0.887. The van der Waals surface area contributed by atoms with Crippen LogP contribution in [0.15, 0.2) is 53.4 Å². The van der Waals surface area contributed by atoms with Crippen molar-refractivity contribution in [1.82, 2.24) is 0 Å². The summed E-state index contributed by atoms with van der Waals surface area (Å²) in [5, 5.41) is 8.35. The van der Waals surface area contributed by atoms with Gasteiger partial charge in [0.05, 0.1) is 15.3 Å². The SMILES string of the molecule is CC(C=N)(CCc1ccc(C(F)(F)F)cc1)Sc1ccccc1Cl. The lowest BCUT2D eigenvalue weighted by Gasteiger charge is -2.24. The molecule has 0 aliphatic carbocycles. The highest BCUT2D eigenvalue weighted by molar-refractivity contribution is 8.01. The Morgan fingerprint density at radius 1 is 1.08 bits per heavy atom. The molecule has 0 radical (unpaired) electrons. The summed E-state index contributed by atoms with van der Waals surface area (Å²) < 4.78 is 37.3. The number of hydrogen-bond acceptors (Lipinski definition) is 2. The monoisotopic (exact) mass is 371 g/mol. The number of halogens is 4. The summed E-state index contributed by atoms with van der Waals surface area (Å²) in [6, 6.07) is 12.6. The third-order valence-corrected chi connectivity index (χ3v) is 5.48. The zero-order chi connectivity index (χ0) is 17.8. The third-order valence-electron chi connectivity index (χ3n) is 3.68. The number of alkyl halides is 3. The maximum Gasteiger partial charge on any atom is 0.416 e. The van der Waals surface area contributed by atoms with Crippen LogP contribution in [0.3, 0.4) is 0 Å². The molecular weight excluding hydrogens is 355 g/mol. The Bertz CT molecular complexity index is 700. The lowest BCUT2D eigenvalue weighted by molar-refractivity contribution is -0.137. The largest absolute Gasteiger partial charge is 0.416 e. The average molecular weight is 372 g/mol. The van der Waals surface area contributed by atoms with E-state index in [0.29, 0.717) is 17.9 Å². The number of benzene rings is 2. The summed E-state index contributed by atoms with van der Waals surface area (Å²) >= 11 is 7.65. The molecule has 0 aromatic heterocycles. The van der Waals surface area contributed by atoms with Crippen molar-refractivity contribution >= 4 is 29.6 Å². The quantitative estimate of drug-likeness (QED) is 0.455. The molecule has 2 rings (SSSR count). The van der Waals surface area contributed by atoms with E-state index in [-0.39, 0.29) is 0 Å². The van der Waals surface area contributed by atoms with Gasteiger partial charge in [-0.15, -0.1) is 11.8 Å². The first-order valence-electron chi connectivity index (χ1n) is 7.35. The first-order valence-corrected chi connectivity index (χ1v) is 8.54. The maximum absolute atomic E-state index is 12.6. The Morgan fingerprint density at radius 3 is 2.25 bits per heavy atom. The predicted octanol–water partition coefficient (Wildman–Crippen LogP) is 6.49. The van der Waals surface area contributed by atoms with Crippen LogP contribution < -0.4 is 0 Å². The van der Waals surface area contributed by atoms with Crippen molar-refractivity contribution in [1.29, 1.82) is 5.41 Å². The smallest absolute Gasteiger partial charge is 0.312 e. The van der Waals surface area contributed by atoms with Crippen LogP contribution in [-0.4, -0.2) is 11.0 Å². The summed E-state index contributed by atoms with van der Waals surface area (Å²) in [5.41, 5.74) is 0.169. The van der Waals surface area contributed by atoms with Gasteiger partial charge in [-0.3, -0.25) is 0 Å². The van der Waals surface area contributed by atoms with Crippen LogP contribution in [0.5, 0.6) is 0 Å². The van der Waals surface area contributed by atoms with Crippen LogP contribution in [0, 0.1) is 5.41 Å². The normalized spacial score (nSPS) is 14.2. The lowest BCUT2D eigenvalue weighted by Crippen LogP contribution is -2.22. The first kappa shape index (κ1) is 18.9. The van der Waals surface area contributed by atoms with Crippen molar-refractivity contribution in [3.63, 3.8) is 0 Å². The summed E-state index contributed by atoms with van der Waals surface area (Å²) in [6.07, 6.45) is -1.74. The number of hydrogen-bond donors (Lipinski definition) is 1. The highest BCUT2D eigenvalue weighted by atomic mass is 35.5. The average Bonchev–Trinajstić information content (AvgIpc) is 2.55. The van der Waals surface area contributed by atoms with Crippen LogP contribution in [0.2, 0.25) is 5.02 Å². The molecule has 2 aromatic carbocycles. The molecule has 0 fully saturated rings. The molecule has 0 saturated heterocycles. The highest BCUT2D eigenvalue weighted by Gasteiger charge is 2.30. The molecule has 0 aliphatic heterocycles. The van der Waals surface area contributed by atoms with Crippen molar-refractivity contribution < 1.29 is 13.2 Å². The fourth-order valence-electron chi connectivity index (χ4n) is 2.18. The number of aryl methyl sites for hydroxylation is 1. The minimum Gasteiger partial charge on any atom is -0.312 e. The molecule has 128 valence electrons. The number of rotatable bonds is 6. The fraction of sp³-hybridized carbons (Fsp3) is 0.278. The lowest BCUT2D eigenvalue weighted by atomic mass is 10.0. The van der Waals surface area contributed by atoms with Gasteiger partial charge in [-0.1, -0.05) is 35.9 Å². The predicted molar refractivity (Wildman–Crippen MR) is 94.3 cm³/mol. The minimum absolute atomic E-state index is 0.478. The number of thioether (sulfide) groups is 1. The van der Waals surface area contributed by atoms with E-state index in [1.807, 2.05) is 25.1 Å². The molecule has 0 bridgehead atoms. The van der Waals surface area contributed by atoms with Gasteiger partial charge in [-0.25, -0.2) is 0 Å². The van der Waals surface area contributed by atoms with Crippen LogP contribution in [0.4, 0.5) is 13.2 Å². The highest BCUT2D eigenvalue weighted by Crippen LogP contribution is 2.38. The van der Waals surface area contributed by atoms with Crippen molar-refractivity contribution in [2.24, 2.45) is 0 Å². The molecule has 0 amide bonds. The van der Waals surface area contributed by atoms with E-state index in [0.717, 1.165) is 22.6 Å². The topological polar surface area (TPSA) is 23.9 Å². The van der Waals surface area contributed by atoms with Gasteiger partial charge < -0.3 is 5.41 Å². The second-order valence-electron chi connectivity index (χ2n) is 5.68. The molecule has 1 unspecified atom stereocenters. The molecule has 0 saturated carbocycles. The zero-order valence-corrected chi connectivity index (χ0v) is 14.6. The van der Waals surface area contributed by atoms with E-state index in [9.17, 15) is 13.2 Å². The van der Waals surface area contributed by atoms with E-state index >= 15 is 0 Å². The van der Waals surface area contributed by atoms with E-state index in [2.05, 4.69) is 0 Å². The molecule has 6 heteroatoms. The molecular formula is C18H17ClF3NS. The Morgan fingerprint density at radius 2 is 1.71 bits per heavy atom. The van der Waals surface area contributed by atoms with E-state index in [1.54, 1.807) is 6.07 Å². The van der Waals surface area contributed by atoms with Gasteiger partial charge >= 0.3 is 6.18 Å². The molecule has 0 spiro atoms. The minimum atomic E-state index is -4.32. The standard InChI is InChI=1S/C18H17ClF3NS/c1-17(12-23,24-16-5-3-2-4-15(16)19)11-10-13-6-8-14(9-7-13)18(20,21)22/h2-9,12,23H,10-11H2,1H3. The van der Waals surface area contributed by atoms with Crippen molar-refractivity contribution in [2.75, 3.05) is 0 Å². The van der Waals surface area contributed by atoms with Gasteiger partial charge in [-0.2, -0.15) is 13.2 Å². The van der Waals surface area contributed by atoms with Gasteiger partial charge in [0.1, 0.15) is 0 Å². The van der Waals surface area contributed by atoms with E-state index in [1.165, 1.54) is 30.1 Å². The molecule has 0 heterocycles. The van der Waals surface area contributed by atoms with Crippen LogP contribution in [-0.2, 0) is 12.6 Å². The molecule has 2 aromatic rings. The summed E-state index contributed by atoms with van der Waals surface area (Å²) in [7, 11) is 0. The van der Waals surface area contributed by atoms with Crippen molar-refractivity contribution in [2.45, 2.75) is 35.6 Å². The first-order chi connectivity index (χ1) is 11.2. The Balaban J connectivity index is 2.05. The number of nitrogens with one attached hydrogen (secondary N) is 1. The van der Waals surface area contributed by atoms with Gasteiger partial charge in [0.25, 0.3) is 0 Å². The van der Waals surface area contributed by atoms with E-state index < -0.39 is 16.5 Å². The second-order valence-corrected chi connectivity index (χ2v) is 7.67. The van der Waals surface area contributed by atoms with Gasteiger partial charge in [-0.05, 0) is 49.6 Å².